The van der Waals surface area contributed by atoms with E-state index in [9.17, 15) is 4.79 Å². The van der Waals surface area contributed by atoms with E-state index in [1.165, 1.54) is 0 Å². The monoisotopic (exact) mass is 313 g/mol. The fourth-order valence-corrected chi connectivity index (χ4v) is 2.34. The van der Waals surface area contributed by atoms with Gasteiger partial charge in [0.25, 0.3) is 5.91 Å². The van der Waals surface area contributed by atoms with Gasteiger partial charge in [-0.2, -0.15) is 0 Å². The number of amides is 1. The first-order chi connectivity index (χ1) is 10.6. The van der Waals surface area contributed by atoms with Crippen molar-refractivity contribution < 1.29 is 4.79 Å². The second-order valence-electron chi connectivity index (χ2n) is 5.21. The SMILES string of the molecule is CCCN(C(=O)/C=C/c1ccc(Cl)cc1)c1cccc(C)c1. The number of carbonyl (C=O) groups excluding carboxylic acids is 1. The lowest BCUT2D eigenvalue weighted by atomic mass is 10.2. The smallest absolute Gasteiger partial charge is 0.250 e. The fourth-order valence-electron chi connectivity index (χ4n) is 2.22. The minimum atomic E-state index is -0.0117. The Morgan fingerprint density at radius 3 is 2.55 bits per heavy atom. The van der Waals surface area contributed by atoms with Gasteiger partial charge in [0, 0.05) is 23.3 Å². The second kappa shape index (κ2) is 7.81. The van der Waals surface area contributed by atoms with E-state index < -0.39 is 0 Å². The molecule has 2 rings (SSSR count). The molecule has 0 saturated carbocycles. The fraction of sp³-hybridized carbons (Fsp3) is 0.211. The van der Waals surface area contributed by atoms with Crippen LogP contribution in [0.15, 0.2) is 54.6 Å². The van der Waals surface area contributed by atoms with Gasteiger partial charge < -0.3 is 4.90 Å². The molecule has 0 radical (unpaired) electrons. The molecular weight excluding hydrogens is 294 g/mol. The summed E-state index contributed by atoms with van der Waals surface area (Å²) in [5.41, 5.74) is 3.04. The molecule has 0 bridgehead atoms. The molecule has 22 heavy (non-hydrogen) atoms. The molecule has 0 N–H and O–H groups in total. The number of carbonyl (C=O) groups is 1. The van der Waals surface area contributed by atoms with Crippen LogP contribution in [0, 0.1) is 6.92 Å². The Bertz CT molecular complexity index is 661. The largest absolute Gasteiger partial charge is 0.309 e. The van der Waals surface area contributed by atoms with Crippen LogP contribution in [0.4, 0.5) is 5.69 Å². The van der Waals surface area contributed by atoms with Crippen molar-refractivity contribution in [1.82, 2.24) is 0 Å². The van der Waals surface area contributed by atoms with E-state index in [1.807, 2.05) is 61.5 Å². The van der Waals surface area contributed by atoms with Crippen molar-refractivity contribution in [2.75, 3.05) is 11.4 Å². The summed E-state index contributed by atoms with van der Waals surface area (Å²) in [6.45, 7) is 4.80. The first kappa shape index (κ1) is 16.3. The van der Waals surface area contributed by atoms with Crippen LogP contribution in [0.1, 0.15) is 24.5 Å². The predicted octanol–water partition coefficient (Wildman–Crippen LogP) is 5.10. The lowest BCUT2D eigenvalue weighted by Gasteiger charge is -2.21. The van der Waals surface area contributed by atoms with E-state index in [-0.39, 0.29) is 5.91 Å². The Labute approximate surface area is 137 Å². The maximum absolute atomic E-state index is 12.5. The maximum atomic E-state index is 12.5. The number of rotatable bonds is 5. The van der Waals surface area contributed by atoms with E-state index in [4.69, 9.17) is 11.6 Å². The third-order valence-electron chi connectivity index (χ3n) is 3.31. The molecule has 2 nitrogen and oxygen atoms in total. The molecule has 2 aromatic carbocycles. The van der Waals surface area contributed by atoms with Crippen LogP contribution in [0.3, 0.4) is 0 Å². The topological polar surface area (TPSA) is 20.3 Å². The Balaban J connectivity index is 2.17. The number of aryl methyl sites for hydroxylation is 1. The number of benzene rings is 2. The van der Waals surface area contributed by atoms with Gasteiger partial charge in [-0.05, 0) is 54.8 Å². The predicted molar refractivity (Wildman–Crippen MR) is 94.3 cm³/mol. The molecule has 0 aliphatic carbocycles. The Kier molecular flexibility index (Phi) is 5.79. The summed E-state index contributed by atoms with van der Waals surface area (Å²) in [4.78, 5) is 14.3. The molecule has 0 fully saturated rings. The molecule has 2 aromatic rings. The minimum Gasteiger partial charge on any atom is -0.309 e. The summed E-state index contributed by atoms with van der Waals surface area (Å²) in [5.74, 6) is -0.0117. The number of anilines is 1. The third kappa shape index (κ3) is 4.47. The number of hydrogen-bond acceptors (Lipinski definition) is 1. The van der Waals surface area contributed by atoms with E-state index in [2.05, 4.69) is 6.92 Å². The highest BCUT2D eigenvalue weighted by Gasteiger charge is 2.12. The zero-order valence-corrected chi connectivity index (χ0v) is 13.7. The first-order valence-corrected chi connectivity index (χ1v) is 7.80. The van der Waals surface area contributed by atoms with Crippen LogP contribution in [0.25, 0.3) is 6.08 Å². The highest BCUT2D eigenvalue weighted by Crippen LogP contribution is 2.17. The summed E-state index contributed by atoms with van der Waals surface area (Å²) in [7, 11) is 0. The molecule has 0 aromatic heterocycles. The van der Waals surface area contributed by atoms with Crippen molar-refractivity contribution in [3.05, 3.63) is 70.8 Å². The molecule has 0 aliphatic heterocycles. The van der Waals surface area contributed by atoms with Crippen LogP contribution in [-0.2, 0) is 4.79 Å². The number of hydrogen-bond donors (Lipinski definition) is 0. The average molecular weight is 314 g/mol. The Morgan fingerprint density at radius 1 is 1.18 bits per heavy atom. The van der Waals surface area contributed by atoms with Gasteiger partial charge in [0.1, 0.15) is 0 Å². The highest BCUT2D eigenvalue weighted by atomic mass is 35.5. The van der Waals surface area contributed by atoms with Crippen LogP contribution in [0.2, 0.25) is 5.02 Å². The van der Waals surface area contributed by atoms with Crippen molar-refractivity contribution in [2.45, 2.75) is 20.3 Å². The molecule has 0 spiro atoms. The van der Waals surface area contributed by atoms with Crippen molar-refractivity contribution >= 4 is 29.3 Å². The van der Waals surface area contributed by atoms with E-state index in [0.29, 0.717) is 11.6 Å². The quantitative estimate of drug-likeness (QED) is 0.703. The Hall–Kier alpha value is -2.06. The molecule has 0 saturated heterocycles. The summed E-state index contributed by atoms with van der Waals surface area (Å²) in [6, 6.07) is 15.4. The van der Waals surface area contributed by atoms with Crippen molar-refractivity contribution in [1.29, 1.82) is 0 Å². The summed E-state index contributed by atoms with van der Waals surface area (Å²) < 4.78 is 0. The van der Waals surface area contributed by atoms with Crippen LogP contribution >= 0.6 is 11.6 Å². The van der Waals surface area contributed by atoms with Gasteiger partial charge in [0.05, 0.1) is 0 Å². The van der Waals surface area contributed by atoms with E-state index in [0.717, 1.165) is 23.2 Å². The summed E-state index contributed by atoms with van der Waals surface area (Å²) in [5, 5.41) is 0.691. The normalized spacial score (nSPS) is 10.9. The number of halogens is 1. The van der Waals surface area contributed by atoms with Gasteiger partial charge >= 0.3 is 0 Å². The van der Waals surface area contributed by atoms with Crippen molar-refractivity contribution in [3.63, 3.8) is 0 Å². The zero-order valence-electron chi connectivity index (χ0n) is 12.9. The minimum absolute atomic E-state index is 0.0117. The van der Waals surface area contributed by atoms with E-state index in [1.54, 1.807) is 11.0 Å². The van der Waals surface area contributed by atoms with Gasteiger partial charge in [-0.15, -0.1) is 0 Å². The molecular formula is C19H20ClNO. The summed E-state index contributed by atoms with van der Waals surface area (Å²) >= 11 is 5.86. The molecule has 0 atom stereocenters. The molecule has 1 amide bonds. The standard InChI is InChI=1S/C19H20ClNO/c1-3-13-21(18-6-4-5-15(2)14-18)19(22)12-9-16-7-10-17(20)11-8-16/h4-12,14H,3,13H2,1-2H3/b12-9+. The maximum Gasteiger partial charge on any atom is 0.250 e. The van der Waals surface area contributed by atoms with E-state index >= 15 is 0 Å². The highest BCUT2D eigenvalue weighted by molar-refractivity contribution is 6.30. The molecule has 0 unspecified atom stereocenters. The van der Waals surface area contributed by atoms with Crippen LogP contribution < -0.4 is 4.90 Å². The van der Waals surface area contributed by atoms with Gasteiger partial charge in [0.15, 0.2) is 0 Å². The van der Waals surface area contributed by atoms with Crippen LogP contribution in [0.5, 0.6) is 0 Å². The first-order valence-electron chi connectivity index (χ1n) is 7.42. The second-order valence-corrected chi connectivity index (χ2v) is 5.65. The van der Waals surface area contributed by atoms with Gasteiger partial charge in [-0.3, -0.25) is 4.79 Å². The Morgan fingerprint density at radius 2 is 1.91 bits per heavy atom. The molecule has 3 heteroatoms. The molecule has 114 valence electrons. The van der Waals surface area contributed by atoms with Gasteiger partial charge in [-0.1, -0.05) is 42.8 Å². The van der Waals surface area contributed by atoms with Crippen LogP contribution in [-0.4, -0.2) is 12.5 Å². The lowest BCUT2D eigenvalue weighted by molar-refractivity contribution is -0.114. The zero-order chi connectivity index (χ0) is 15.9. The lowest BCUT2D eigenvalue weighted by Crippen LogP contribution is -2.30. The summed E-state index contributed by atoms with van der Waals surface area (Å²) in [6.07, 6.45) is 4.34. The van der Waals surface area contributed by atoms with Crippen molar-refractivity contribution in [3.8, 4) is 0 Å². The van der Waals surface area contributed by atoms with Gasteiger partial charge in [-0.25, -0.2) is 0 Å². The number of nitrogens with zero attached hydrogens (tertiary/aromatic N) is 1. The third-order valence-corrected chi connectivity index (χ3v) is 3.57. The molecule has 0 heterocycles. The van der Waals surface area contributed by atoms with Gasteiger partial charge in [0.2, 0.25) is 0 Å². The average Bonchev–Trinajstić information content (AvgIpc) is 2.52. The molecule has 0 aliphatic rings. The van der Waals surface area contributed by atoms with Crippen molar-refractivity contribution in [2.24, 2.45) is 0 Å².